The molecule has 5 rings (SSSR count). The predicted octanol–water partition coefficient (Wildman–Crippen LogP) is 4.89. The first-order valence-corrected chi connectivity index (χ1v) is 11.6. The number of hydrogen-bond donors (Lipinski definition) is 2. The van der Waals surface area contributed by atoms with Crippen molar-refractivity contribution in [3.8, 4) is 11.4 Å². The molecule has 0 saturated heterocycles. The Balaban J connectivity index is 1.65. The first kappa shape index (κ1) is 24.4. The van der Waals surface area contributed by atoms with E-state index in [1.54, 1.807) is 25.2 Å². The van der Waals surface area contributed by atoms with E-state index in [1.165, 1.54) is 13.2 Å². The number of anilines is 1. The van der Waals surface area contributed by atoms with Crippen LogP contribution in [0.3, 0.4) is 0 Å². The summed E-state index contributed by atoms with van der Waals surface area (Å²) in [5.41, 5.74) is 3.97. The van der Waals surface area contributed by atoms with Gasteiger partial charge < -0.3 is 15.4 Å². The molecule has 2 heterocycles. The highest BCUT2D eigenvalue weighted by Crippen LogP contribution is 2.35. The monoisotopic (exact) mass is 508 g/mol. The zero-order chi connectivity index (χ0) is 26.3. The molecule has 0 saturated carbocycles. The quantitative estimate of drug-likeness (QED) is 0.402. The molecular weight excluding hydrogens is 485 g/mol. The van der Waals surface area contributed by atoms with Gasteiger partial charge >= 0.3 is 6.18 Å². The third-order valence-electron chi connectivity index (χ3n) is 6.42. The molecule has 1 aliphatic rings. The summed E-state index contributed by atoms with van der Waals surface area (Å²) < 4.78 is 47.0. The maximum absolute atomic E-state index is 13.3. The lowest BCUT2D eigenvalue weighted by Gasteiger charge is -2.19. The molecule has 4 aromatic rings. The van der Waals surface area contributed by atoms with Crippen molar-refractivity contribution in [1.29, 1.82) is 0 Å². The number of aryl methyl sites for hydroxylation is 1. The normalized spacial score (nSPS) is 13.3. The summed E-state index contributed by atoms with van der Waals surface area (Å²) in [5.74, 6) is 0.367. The van der Waals surface area contributed by atoms with Gasteiger partial charge in [-0.25, -0.2) is 4.98 Å². The second-order valence-electron chi connectivity index (χ2n) is 8.74. The molecule has 7 nitrogen and oxygen atoms in total. The van der Waals surface area contributed by atoms with Crippen LogP contribution < -0.4 is 15.4 Å². The van der Waals surface area contributed by atoms with Crippen molar-refractivity contribution in [3.63, 3.8) is 0 Å². The van der Waals surface area contributed by atoms with Crippen LogP contribution in [0.25, 0.3) is 16.7 Å². The Kier molecular flexibility index (Phi) is 6.10. The van der Waals surface area contributed by atoms with Gasteiger partial charge in [0.05, 0.1) is 23.7 Å². The van der Waals surface area contributed by atoms with Gasteiger partial charge in [-0.3, -0.25) is 14.2 Å². The van der Waals surface area contributed by atoms with Crippen LogP contribution in [0.1, 0.15) is 39.3 Å². The molecule has 0 fully saturated rings. The summed E-state index contributed by atoms with van der Waals surface area (Å²) in [4.78, 5) is 28.8. The number of nitrogens with one attached hydrogen (secondary N) is 2. The number of carbonyl (C=O) groups excluding carboxylic acids is 2. The Labute approximate surface area is 210 Å². The smallest absolute Gasteiger partial charge is 0.416 e. The number of fused-ring (bicyclic) bond motifs is 2. The highest BCUT2D eigenvalue weighted by Gasteiger charge is 2.31. The van der Waals surface area contributed by atoms with E-state index in [4.69, 9.17) is 9.72 Å². The number of imidazole rings is 1. The van der Waals surface area contributed by atoms with Crippen LogP contribution in [-0.2, 0) is 23.8 Å². The van der Waals surface area contributed by atoms with Crippen molar-refractivity contribution in [2.24, 2.45) is 0 Å². The molecule has 0 bridgehead atoms. The Morgan fingerprint density at radius 1 is 1.11 bits per heavy atom. The maximum atomic E-state index is 13.3. The topological polar surface area (TPSA) is 85.2 Å². The molecule has 1 aliphatic heterocycles. The minimum absolute atomic E-state index is 0.0369. The number of halogens is 3. The van der Waals surface area contributed by atoms with Crippen LogP contribution in [0.4, 0.5) is 18.9 Å². The molecular formula is C27H23F3N4O3. The summed E-state index contributed by atoms with van der Waals surface area (Å²) in [7, 11) is 2.87. The molecule has 190 valence electrons. The Hall–Kier alpha value is -4.34. The minimum atomic E-state index is -4.49. The molecule has 0 radical (unpaired) electrons. The molecule has 1 aromatic heterocycles. The van der Waals surface area contributed by atoms with Crippen molar-refractivity contribution in [3.05, 3.63) is 82.7 Å². The van der Waals surface area contributed by atoms with Crippen molar-refractivity contribution in [2.75, 3.05) is 19.5 Å². The SMILES string of the molecule is CNC(=O)c1ccc2c(c1)nc(Cc1ccc(C(F)(F)F)cc1OC)n2-c1ccc2c(c1)CCC(=O)N2. The summed E-state index contributed by atoms with van der Waals surface area (Å²) in [6.07, 6.45) is -3.34. The number of alkyl halides is 3. The third-order valence-corrected chi connectivity index (χ3v) is 6.42. The van der Waals surface area contributed by atoms with Gasteiger partial charge in [-0.05, 0) is 60.5 Å². The zero-order valence-corrected chi connectivity index (χ0v) is 20.1. The molecule has 0 unspecified atom stereocenters. The van der Waals surface area contributed by atoms with Gasteiger partial charge in [0.1, 0.15) is 11.6 Å². The Morgan fingerprint density at radius 3 is 2.65 bits per heavy atom. The van der Waals surface area contributed by atoms with E-state index in [0.717, 1.165) is 34.6 Å². The van der Waals surface area contributed by atoms with Gasteiger partial charge in [0.25, 0.3) is 5.91 Å². The molecule has 0 atom stereocenters. The molecule has 2 N–H and O–H groups in total. The Bertz CT molecular complexity index is 1540. The number of methoxy groups -OCH3 is 1. The molecule has 0 spiro atoms. The van der Waals surface area contributed by atoms with E-state index >= 15 is 0 Å². The summed E-state index contributed by atoms with van der Waals surface area (Å²) in [6.45, 7) is 0. The van der Waals surface area contributed by atoms with Crippen molar-refractivity contribution < 1.29 is 27.5 Å². The maximum Gasteiger partial charge on any atom is 0.416 e. The largest absolute Gasteiger partial charge is 0.496 e. The van der Waals surface area contributed by atoms with E-state index in [1.807, 2.05) is 22.8 Å². The van der Waals surface area contributed by atoms with Crippen LogP contribution >= 0.6 is 0 Å². The standard InChI is InChI=1S/C27H23F3N4O3/c1-31-26(36)17-4-9-22-21(12-17)32-24(13-16-3-6-18(27(28,29)30)14-23(16)37-2)34(22)19-7-8-20-15(11-19)5-10-25(35)33-20/h3-4,6-9,11-12,14H,5,10,13H2,1-2H3,(H,31,36)(H,33,35). The fourth-order valence-electron chi connectivity index (χ4n) is 4.57. The van der Waals surface area contributed by atoms with E-state index < -0.39 is 11.7 Å². The van der Waals surface area contributed by atoms with Gasteiger partial charge in [0.15, 0.2) is 0 Å². The predicted molar refractivity (Wildman–Crippen MR) is 132 cm³/mol. The number of carbonyl (C=O) groups is 2. The lowest BCUT2D eigenvalue weighted by molar-refractivity contribution is -0.137. The molecule has 37 heavy (non-hydrogen) atoms. The number of aromatic nitrogens is 2. The number of nitrogens with zero attached hydrogens (tertiary/aromatic N) is 2. The fraction of sp³-hybridized carbons (Fsp3) is 0.222. The highest BCUT2D eigenvalue weighted by atomic mass is 19.4. The number of hydrogen-bond acceptors (Lipinski definition) is 4. The van der Waals surface area contributed by atoms with E-state index in [2.05, 4.69) is 10.6 Å². The number of benzene rings is 3. The van der Waals surface area contributed by atoms with Crippen LogP contribution in [0, 0.1) is 0 Å². The van der Waals surface area contributed by atoms with E-state index in [0.29, 0.717) is 35.3 Å². The fourth-order valence-corrected chi connectivity index (χ4v) is 4.57. The van der Waals surface area contributed by atoms with Crippen molar-refractivity contribution in [2.45, 2.75) is 25.4 Å². The van der Waals surface area contributed by atoms with Gasteiger partial charge in [0, 0.05) is 42.4 Å². The average molecular weight is 509 g/mol. The second kappa shape index (κ2) is 9.27. The lowest BCUT2D eigenvalue weighted by Crippen LogP contribution is -2.19. The molecule has 10 heteroatoms. The summed E-state index contributed by atoms with van der Waals surface area (Å²) in [5, 5.41) is 5.46. The minimum Gasteiger partial charge on any atom is -0.496 e. The van der Waals surface area contributed by atoms with Gasteiger partial charge in [0.2, 0.25) is 5.91 Å². The first-order chi connectivity index (χ1) is 17.7. The van der Waals surface area contributed by atoms with Crippen LogP contribution in [0.5, 0.6) is 5.75 Å². The van der Waals surface area contributed by atoms with Gasteiger partial charge in [-0.2, -0.15) is 13.2 Å². The second-order valence-corrected chi connectivity index (χ2v) is 8.74. The Morgan fingerprint density at radius 2 is 1.92 bits per heavy atom. The van der Waals surface area contributed by atoms with Gasteiger partial charge in [-0.15, -0.1) is 0 Å². The number of rotatable bonds is 5. The highest BCUT2D eigenvalue weighted by molar-refractivity contribution is 5.97. The number of ether oxygens (including phenoxy) is 1. The molecule has 3 aromatic carbocycles. The van der Waals surface area contributed by atoms with Crippen molar-refractivity contribution in [1.82, 2.24) is 14.9 Å². The van der Waals surface area contributed by atoms with Gasteiger partial charge in [-0.1, -0.05) is 6.07 Å². The first-order valence-electron chi connectivity index (χ1n) is 11.6. The summed E-state index contributed by atoms with van der Waals surface area (Å²) >= 11 is 0. The average Bonchev–Trinajstić information content (AvgIpc) is 3.24. The molecule has 2 amide bonds. The van der Waals surface area contributed by atoms with Crippen LogP contribution in [0.15, 0.2) is 54.6 Å². The van der Waals surface area contributed by atoms with Crippen LogP contribution in [-0.4, -0.2) is 35.5 Å². The summed E-state index contributed by atoms with van der Waals surface area (Å²) in [6, 6.07) is 14.2. The van der Waals surface area contributed by atoms with E-state index in [-0.39, 0.29) is 24.0 Å². The number of amides is 2. The molecule has 0 aliphatic carbocycles. The van der Waals surface area contributed by atoms with Crippen LogP contribution in [0.2, 0.25) is 0 Å². The van der Waals surface area contributed by atoms with E-state index in [9.17, 15) is 22.8 Å². The lowest BCUT2D eigenvalue weighted by atomic mass is 10.0. The zero-order valence-electron chi connectivity index (χ0n) is 20.1. The van der Waals surface area contributed by atoms with Crippen molar-refractivity contribution >= 4 is 28.5 Å². The third kappa shape index (κ3) is 4.62.